The second kappa shape index (κ2) is 7.23. The number of nitrogens with one attached hydrogen (secondary N) is 1. The third-order valence-electron chi connectivity index (χ3n) is 3.97. The Morgan fingerprint density at radius 1 is 1.35 bits per heavy atom. The van der Waals surface area contributed by atoms with Crippen LogP contribution in [-0.2, 0) is 9.53 Å². The zero-order chi connectivity index (χ0) is 16.2. The van der Waals surface area contributed by atoms with Crippen molar-refractivity contribution in [3.63, 3.8) is 0 Å². The zero-order valence-corrected chi connectivity index (χ0v) is 14.3. The molecule has 2 unspecified atom stereocenters. The lowest BCUT2D eigenvalue weighted by Crippen LogP contribution is -2.36. The van der Waals surface area contributed by atoms with E-state index >= 15 is 0 Å². The lowest BCUT2D eigenvalue weighted by molar-refractivity contribution is -0.132. The Kier molecular flexibility index (Phi) is 5.08. The minimum absolute atomic E-state index is 0.0744. The number of carbonyl (C=O) groups excluding carboxylic acids is 1. The Bertz CT molecular complexity index is 652. The summed E-state index contributed by atoms with van der Waals surface area (Å²) < 4.78 is 5.61. The van der Waals surface area contributed by atoms with Crippen LogP contribution < -0.4 is 5.32 Å². The van der Waals surface area contributed by atoms with Gasteiger partial charge in [-0.15, -0.1) is 11.3 Å². The van der Waals surface area contributed by atoms with Crippen LogP contribution in [0.3, 0.4) is 0 Å². The number of thiazole rings is 1. The SMILES string of the molecule is CC(OCC1CC1)C(=O)NC(C)c1nc(-c2ccccc2)cs1. The summed E-state index contributed by atoms with van der Waals surface area (Å²) in [5.74, 6) is 0.588. The molecule has 0 radical (unpaired) electrons. The summed E-state index contributed by atoms with van der Waals surface area (Å²) in [5.41, 5.74) is 2.04. The van der Waals surface area contributed by atoms with Gasteiger partial charge in [0, 0.05) is 10.9 Å². The maximum atomic E-state index is 12.2. The first-order valence-corrected chi connectivity index (χ1v) is 8.94. The van der Waals surface area contributed by atoms with Gasteiger partial charge < -0.3 is 10.1 Å². The number of nitrogens with zero attached hydrogens (tertiary/aromatic N) is 1. The third kappa shape index (κ3) is 4.39. The van der Waals surface area contributed by atoms with Crippen LogP contribution in [0.15, 0.2) is 35.7 Å². The Balaban J connectivity index is 1.56. The van der Waals surface area contributed by atoms with E-state index in [2.05, 4.69) is 10.3 Å². The van der Waals surface area contributed by atoms with Crippen molar-refractivity contribution in [3.05, 3.63) is 40.7 Å². The van der Waals surface area contributed by atoms with Gasteiger partial charge in [0.2, 0.25) is 5.91 Å². The number of benzene rings is 1. The van der Waals surface area contributed by atoms with E-state index in [9.17, 15) is 4.79 Å². The van der Waals surface area contributed by atoms with Crippen LogP contribution in [0, 0.1) is 5.92 Å². The Morgan fingerprint density at radius 2 is 2.09 bits per heavy atom. The average Bonchev–Trinajstić information content (AvgIpc) is 3.26. The predicted molar refractivity (Wildman–Crippen MR) is 92.2 cm³/mol. The molecule has 1 saturated carbocycles. The van der Waals surface area contributed by atoms with Crippen LogP contribution >= 0.6 is 11.3 Å². The van der Waals surface area contributed by atoms with Gasteiger partial charge in [0.25, 0.3) is 0 Å². The summed E-state index contributed by atoms with van der Waals surface area (Å²) in [6.45, 7) is 4.46. The smallest absolute Gasteiger partial charge is 0.249 e. The summed E-state index contributed by atoms with van der Waals surface area (Å²) in [4.78, 5) is 16.8. The summed E-state index contributed by atoms with van der Waals surface area (Å²) >= 11 is 1.57. The van der Waals surface area contributed by atoms with Crippen molar-refractivity contribution in [1.82, 2.24) is 10.3 Å². The van der Waals surface area contributed by atoms with Crippen LogP contribution in [-0.4, -0.2) is 23.6 Å². The number of carbonyl (C=O) groups is 1. The number of rotatable bonds is 7. The monoisotopic (exact) mass is 330 g/mol. The van der Waals surface area contributed by atoms with Gasteiger partial charge in [-0.05, 0) is 32.6 Å². The van der Waals surface area contributed by atoms with E-state index in [1.807, 2.05) is 49.6 Å². The molecule has 3 rings (SSSR count). The molecule has 2 aromatic rings. The van der Waals surface area contributed by atoms with Crippen molar-refractivity contribution in [2.24, 2.45) is 5.92 Å². The van der Waals surface area contributed by atoms with E-state index in [1.165, 1.54) is 12.8 Å². The van der Waals surface area contributed by atoms with Crippen molar-refractivity contribution < 1.29 is 9.53 Å². The largest absolute Gasteiger partial charge is 0.368 e. The highest BCUT2D eigenvalue weighted by atomic mass is 32.1. The molecule has 2 atom stereocenters. The van der Waals surface area contributed by atoms with Crippen molar-refractivity contribution in [3.8, 4) is 11.3 Å². The molecule has 1 aromatic heterocycles. The second-order valence-electron chi connectivity index (χ2n) is 6.09. The van der Waals surface area contributed by atoms with Gasteiger partial charge in [-0.2, -0.15) is 0 Å². The minimum atomic E-state index is -0.411. The lowest BCUT2D eigenvalue weighted by Gasteiger charge is -2.16. The second-order valence-corrected chi connectivity index (χ2v) is 6.98. The molecule has 5 heteroatoms. The number of amides is 1. The van der Waals surface area contributed by atoms with Crippen LogP contribution in [0.2, 0.25) is 0 Å². The van der Waals surface area contributed by atoms with Crippen molar-refractivity contribution in [1.29, 1.82) is 0 Å². The van der Waals surface area contributed by atoms with E-state index in [0.29, 0.717) is 12.5 Å². The van der Waals surface area contributed by atoms with Gasteiger partial charge in [0.1, 0.15) is 11.1 Å². The summed E-state index contributed by atoms with van der Waals surface area (Å²) in [5, 5.41) is 5.93. The molecule has 1 aliphatic rings. The van der Waals surface area contributed by atoms with Gasteiger partial charge in [-0.1, -0.05) is 30.3 Å². The maximum absolute atomic E-state index is 12.2. The summed E-state index contributed by atoms with van der Waals surface area (Å²) in [7, 11) is 0. The van der Waals surface area contributed by atoms with E-state index in [4.69, 9.17) is 4.74 Å². The highest BCUT2D eigenvalue weighted by molar-refractivity contribution is 7.10. The number of aromatic nitrogens is 1. The van der Waals surface area contributed by atoms with Crippen molar-refractivity contribution >= 4 is 17.2 Å². The molecule has 0 spiro atoms. The molecule has 1 fully saturated rings. The molecular formula is C18H22N2O2S. The Morgan fingerprint density at radius 3 is 2.78 bits per heavy atom. The van der Waals surface area contributed by atoms with Crippen LogP contribution in [0.4, 0.5) is 0 Å². The van der Waals surface area contributed by atoms with Gasteiger partial charge in [-0.3, -0.25) is 4.79 Å². The molecule has 0 aliphatic heterocycles. The molecule has 4 nitrogen and oxygen atoms in total. The molecule has 122 valence electrons. The van der Waals surface area contributed by atoms with Gasteiger partial charge in [0.05, 0.1) is 18.3 Å². The Hall–Kier alpha value is -1.72. The highest BCUT2D eigenvalue weighted by Crippen LogP contribution is 2.29. The first-order valence-electron chi connectivity index (χ1n) is 8.06. The van der Waals surface area contributed by atoms with Crippen LogP contribution in [0.1, 0.15) is 37.7 Å². The normalized spacial score (nSPS) is 16.8. The fraction of sp³-hybridized carbons (Fsp3) is 0.444. The molecule has 1 N–H and O–H groups in total. The average molecular weight is 330 g/mol. The first kappa shape index (κ1) is 16.1. The molecule has 0 bridgehead atoms. The van der Waals surface area contributed by atoms with Crippen molar-refractivity contribution in [2.75, 3.05) is 6.61 Å². The molecule has 1 aliphatic carbocycles. The molecule has 1 amide bonds. The van der Waals surface area contributed by atoms with Crippen LogP contribution in [0.25, 0.3) is 11.3 Å². The van der Waals surface area contributed by atoms with E-state index < -0.39 is 6.10 Å². The zero-order valence-electron chi connectivity index (χ0n) is 13.5. The maximum Gasteiger partial charge on any atom is 0.249 e. The van der Waals surface area contributed by atoms with Gasteiger partial charge >= 0.3 is 0 Å². The number of hydrogen-bond donors (Lipinski definition) is 1. The first-order chi connectivity index (χ1) is 11.1. The summed E-state index contributed by atoms with van der Waals surface area (Å²) in [6.07, 6.45) is 2.05. The minimum Gasteiger partial charge on any atom is -0.368 e. The molecular weight excluding hydrogens is 308 g/mol. The summed E-state index contributed by atoms with van der Waals surface area (Å²) in [6, 6.07) is 9.95. The van der Waals surface area contributed by atoms with Gasteiger partial charge in [-0.25, -0.2) is 4.98 Å². The molecule has 1 heterocycles. The standard InChI is InChI=1S/C18H22N2O2S/c1-12(19-17(21)13(2)22-10-14-8-9-14)18-20-16(11-23-18)15-6-4-3-5-7-15/h3-7,11-14H,8-10H2,1-2H3,(H,19,21). The van der Waals surface area contributed by atoms with E-state index in [1.54, 1.807) is 11.3 Å². The highest BCUT2D eigenvalue weighted by Gasteiger charge is 2.25. The van der Waals surface area contributed by atoms with Crippen LogP contribution in [0.5, 0.6) is 0 Å². The molecule has 0 saturated heterocycles. The third-order valence-corrected chi connectivity index (χ3v) is 5.00. The number of ether oxygens (including phenoxy) is 1. The lowest BCUT2D eigenvalue weighted by atomic mass is 10.2. The molecule has 1 aromatic carbocycles. The van der Waals surface area contributed by atoms with Crippen molar-refractivity contribution in [2.45, 2.75) is 38.8 Å². The quantitative estimate of drug-likeness (QED) is 0.840. The molecule has 23 heavy (non-hydrogen) atoms. The predicted octanol–water partition coefficient (Wildman–Crippen LogP) is 3.80. The fourth-order valence-corrected chi connectivity index (χ4v) is 3.10. The fourth-order valence-electron chi connectivity index (χ4n) is 2.26. The Labute approximate surface area is 140 Å². The number of hydrogen-bond acceptors (Lipinski definition) is 4. The van der Waals surface area contributed by atoms with E-state index in [0.717, 1.165) is 16.3 Å². The van der Waals surface area contributed by atoms with Gasteiger partial charge in [0.15, 0.2) is 0 Å². The topological polar surface area (TPSA) is 51.2 Å². The van der Waals surface area contributed by atoms with E-state index in [-0.39, 0.29) is 11.9 Å².